The van der Waals surface area contributed by atoms with E-state index in [-0.39, 0.29) is 12.5 Å². The van der Waals surface area contributed by atoms with Crippen molar-refractivity contribution in [2.45, 2.75) is 51.7 Å². The van der Waals surface area contributed by atoms with Gasteiger partial charge in [-0.3, -0.25) is 0 Å². The monoisotopic (exact) mass is 211 g/mol. The largest absolute Gasteiger partial charge is 0.389 e. The van der Waals surface area contributed by atoms with Crippen molar-refractivity contribution in [3.63, 3.8) is 0 Å². The van der Waals surface area contributed by atoms with Crippen LogP contribution < -0.4 is 5.32 Å². The Hall–Kier alpha value is -0.250. The van der Waals surface area contributed by atoms with Gasteiger partial charge in [-0.2, -0.15) is 13.2 Å². The van der Waals surface area contributed by atoms with Gasteiger partial charge in [0.15, 0.2) is 0 Å². The molecule has 1 N–H and O–H groups in total. The molecule has 0 rings (SSSR count). The highest BCUT2D eigenvalue weighted by atomic mass is 19.4. The van der Waals surface area contributed by atoms with Gasteiger partial charge in [0, 0.05) is 12.5 Å². The maximum Gasteiger partial charge on any atom is 0.389 e. The molecule has 0 saturated carbocycles. The van der Waals surface area contributed by atoms with Gasteiger partial charge in [0.2, 0.25) is 0 Å². The van der Waals surface area contributed by atoms with Gasteiger partial charge in [-0.1, -0.05) is 20.3 Å². The van der Waals surface area contributed by atoms with Crippen LogP contribution in [0.5, 0.6) is 0 Å². The summed E-state index contributed by atoms with van der Waals surface area (Å²) in [5, 5.41) is 3.07. The zero-order valence-corrected chi connectivity index (χ0v) is 9.12. The summed E-state index contributed by atoms with van der Waals surface area (Å²) in [6.07, 6.45) is -2.85. The van der Waals surface area contributed by atoms with E-state index < -0.39 is 12.6 Å². The first-order chi connectivity index (χ1) is 6.40. The average molecular weight is 211 g/mol. The van der Waals surface area contributed by atoms with Gasteiger partial charge in [0.25, 0.3) is 0 Å². The van der Waals surface area contributed by atoms with Crippen LogP contribution in [0.3, 0.4) is 0 Å². The average Bonchev–Trinajstić information content (AvgIpc) is 2.09. The molecule has 0 spiro atoms. The lowest BCUT2D eigenvalue weighted by atomic mass is 9.94. The first-order valence-corrected chi connectivity index (χ1v) is 5.14. The molecule has 2 atom stereocenters. The summed E-state index contributed by atoms with van der Waals surface area (Å²) in [6.45, 7) is 4.12. The van der Waals surface area contributed by atoms with Gasteiger partial charge in [-0.25, -0.2) is 0 Å². The summed E-state index contributed by atoms with van der Waals surface area (Å²) in [5.74, 6) is 0.438. The van der Waals surface area contributed by atoms with E-state index in [0.717, 1.165) is 6.42 Å². The standard InChI is InChI=1S/C10H20F3N/c1-4-8(2)9(14-3)6-5-7-10(11,12)13/h8-9,14H,4-7H2,1-3H3. The van der Waals surface area contributed by atoms with Crippen LogP contribution in [0.25, 0.3) is 0 Å². The molecule has 0 radical (unpaired) electrons. The van der Waals surface area contributed by atoms with Crippen LogP contribution in [0, 0.1) is 5.92 Å². The predicted octanol–water partition coefficient (Wildman–Crippen LogP) is 3.35. The molecule has 0 heterocycles. The predicted molar refractivity (Wildman–Crippen MR) is 52.2 cm³/mol. The minimum atomic E-state index is -4.01. The lowest BCUT2D eigenvalue weighted by Gasteiger charge is -2.22. The number of hydrogen-bond acceptors (Lipinski definition) is 1. The van der Waals surface area contributed by atoms with Gasteiger partial charge in [-0.05, 0) is 25.8 Å². The number of alkyl halides is 3. The Morgan fingerprint density at radius 2 is 1.86 bits per heavy atom. The third kappa shape index (κ3) is 6.24. The fraction of sp³-hybridized carbons (Fsp3) is 1.00. The molecular weight excluding hydrogens is 191 g/mol. The number of nitrogens with one attached hydrogen (secondary N) is 1. The SMILES string of the molecule is CCC(C)C(CCCC(F)(F)F)NC. The van der Waals surface area contributed by atoms with E-state index >= 15 is 0 Å². The molecule has 1 nitrogen and oxygen atoms in total. The molecule has 0 aliphatic rings. The van der Waals surface area contributed by atoms with Crippen molar-refractivity contribution >= 4 is 0 Å². The molecular formula is C10H20F3N. The van der Waals surface area contributed by atoms with Gasteiger partial charge in [0.05, 0.1) is 0 Å². The molecule has 0 aromatic rings. The van der Waals surface area contributed by atoms with Gasteiger partial charge in [-0.15, -0.1) is 0 Å². The van der Waals surface area contributed by atoms with E-state index in [9.17, 15) is 13.2 Å². The molecule has 0 bridgehead atoms. The highest BCUT2D eigenvalue weighted by molar-refractivity contribution is 4.71. The van der Waals surface area contributed by atoms with Crippen molar-refractivity contribution in [2.75, 3.05) is 7.05 Å². The van der Waals surface area contributed by atoms with E-state index in [1.54, 1.807) is 0 Å². The Labute approximate surface area is 84.1 Å². The zero-order valence-electron chi connectivity index (χ0n) is 9.12. The molecule has 0 saturated heterocycles. The van der Waals surface area contributed by atoms with Gasteiger partial charge < -0.3 is 5.32 Å². The van der Waals surface area contributed by atoms with Crippen molar-refractivity contribution in [1.82, 2.24) is 5.32 Å². The maximum atomic E-state index is 11.9. The summed E-state index contributed by atoms with van der Waals surface area (Å²) in [4.78, 5) is 0. The van der Waals surface area contributed by atoms with E-state index in [0.29, 0.717) is 12.3 Å². The zero-order chi connectivity index (χ0) is 11.2. The molecule has 86 valence electrons. The molecule has 0 amide bonds. The first-order valence-electron chi connectivity index (χ1n) is 5.14. The van der Waals surface area contributed by atoms with Gasteiger partial charge >= 0.3 is 6.18 Å². The van der Waals surface area contributed by atoms with Crippen molar-refractivity contribution in [2.24, 2.45) is 5.92 Å². The van der Waals surface area contributed by atoms with Crippen LogP contribution in [-0.4, -0.2) is 19.3 Å². The Kier molecular flexibility index (Phi) is 6.16. The third-order valence-corrected chi connectivity index (χ3v) is 2.68. The maximum absolute atomic E-state index is 11.9. The van der Waals surface area contributed by atoms with Crippen LogP contribution in [0.15, 0.2) is 0 Å². The highest BCUT2D eigenvalue weighted by Gasteiger charge is 2.27. The number of hydrogen-bond donors (Lipinski definition) is 1. The molecule has 0 aromatic heterocycles. The summed E-state index contributed by atoms with van der Waals surface area (Å²) >= 11 is 0. The fourth-order valence-electron chi connectivity index (χ4n) is 1.52. The van der Waals surface area contributed by atoms with E-state index in [1.807, 2.05) is 7.05 Å². The molecule has 0 aliphatic heterocycles. The van der Waals surface area contributed by atoms with Crippen LogP contribution in [0.4, 0.5) is 13.2 Å². The van der Waals surface area contributed by atoms with Crippen LogP contribution in [-0.2, 0) is 0 Å². The molecule has 0 aliphatic carbocycles. The quantitative estimate of drug-likeness (QED) is 0.710. The lowest BCUT2D eigenvalue weighted by Crippen LogP contribution is -2.32. The normalized spacial score (nSPS) is 16.7. The summed E-state index contributed by atoms with van der Waals surface area (Å²) < 4.78 is 35.6. The van der Waals surface area contributed by atoms with E-state index in [2.05, 4.69) is 19.2 Å². The molecule has 2 unspecified atom stereocenters. The Morgan fingerprint density at radius 3 is 2.21 bits per heavy atom. The molecule has 0 aromatic carbocycles. The molecule has 0 fully saturated rings. The van der Waals surface area contributed by atoms with Gasteiger partial charge in [0.1, 0.15) is 0 Å². The second-order valence-corrected chi connectivity index (χ2v) is 3.79. The second-order valence-electron chi connectivity index (χ2n) is 3.79. The van der Waals surface area contributed by atoms with Crippen molar-refractivity contribution in [3.05, 3.63) is 0 Å². The Morgan fingerprint density at radius 1 is 1.29 bits per heavy atom. The highest BCUT2D eigenvalue weighted by Crippen LogP contribution is 2.24. The van der Waals surface area contributed by atoms with E-state index in [1.165, 1.54) is 0 Å². The van der Waals surface area contributed by atoms with Crippen LogP contribution >= 0.6 is 0 Å². The second kappa shape index (κ2) is 6.27. The number of rotatable bonds is 6. The summed E-state index contributed by atoms with van der Waals surface area (Å²) in [7, 11) is 1.81. The lowest BCUT2D eigenvalue weighted by molar-refractivity contribution is -0.136. The van der Waals surface area contributed by atoms with Crippen molar-refractivity contribution in [3.8, 4) is 0 Å². The smallest absolute Gasteiger partial charge is 0.317 e. The molecule has 4 heteroatoms. The van der Waals surface area contributed by atoms with Crippen molar-refractivity contribution in [1.29, 1.82) is 0 Å². The van der Waals surface area contributed by atoms with Crippen molar-refractivity contribution < 1.29 is 13.2 Å². The van der Waals surface area contributed by atoms with Crippen LogP contribution in [0.1, 0.15) is 39.5 Å². The first kappa shape index (κ1) is 13.8. The number of halogens is 3. The minimum Gasteiger partial charge on any atom is -0.317 e. The summed E-state index contributed by atoms with van der Waals surface area (Å²) in [5.41, 5.74) is 0. The minimum absolute atomic E-state index is 0.211. The van der Waals surface area contributed by atoms with Crippen LogP contribution in [0.2, 0.25) is 0 Å². The third-order valence-electron chi connectivity index (χ3n) is 2.68. The Bertz CT molecular complexity index is 145. The fourth-order valence-corrected chi connectivity index (χ4v) is 1.52. The summed E-state index contributed by atoms with van der Waals surface area (Å²) in [6, 6.07) is 0.211. The Balaban J connectivity index is 3.74. The molecule has 14 heavy (non-hydrogen) atoms. The van der Waals surface area contributed by atoms with E-state index in [4.69, 9.17) is 0 Å². The topological polar surface area (TPSA) is 12.0 Å².